The number of nitrogens with zero attached hydrogens (tertiary/aromatic N) is 2. The highest BCUT2D eigenvalue weighted by molar-refractivity contribution is 7.09. The molecule has 6 heteroatoms. The standard InChI is InChI=1S/C16H15N3O2S/c1-10-17-12(9-22-10)8-19(2)16(21)14-7-11-5-3-4-6-13(11)15(20)18-14/h3-7,9H,8H2,1-2H3,(H,18,20). The van der Waals surface area contributed by atoms with Gasteiger partial charge in [-0.1, -0.05) is 18.2 Å². The van der Waals surface area contributed by atoms with E-state index in [1.807, 2.05) is 24.4 Å². The van der Waals surface area contributed by atoms with Crippen LogP contribution in [0.25, 0.3) is 10.8 Å². The molecule has 2 heterocycles. The summed E-state index contributed by atoms with van der Waals surface area (Å²) in [6, 6.07) is 8.92. The van der Waals surface area contributed by atoms with E-state index in [1.165, 1.54) is 0 Å². The smallest absolute Gasteiger partial charge is 0.270 e. The number of rotatable bonds is 3. The zero-order chi connectivity index (χ0) is 15.7. The SMILES string of the molecule is Cc1nc(CN(C)C(=O)c2cc3ccccc3c(=O)[nH]2)cs1. The first-order valence-corrected chi connectivity index (χ1v) is 7.71. The third kappa shape index (κ3) is 2.78. The fourth-order valence-electron chi connectivity index (χ4n) is 2.33. The van der Waals surface area contributed by atoms with Gasteiger partial charge in [0.2, 0.25) is 0 Å². The van der Waals surface area contributed by atoms with Gasteiger partial charge in [0.05, 0.1) is 17.2 Å². The molecule has 1 N–H and O–H groups in total. The Labute approximate surface area is 131 Å². The second-order valence-electron chi connectivity index (χ2n) is 5.12. The Morgan fingerprint density at radius 2 is 2.14 bits per heavy atom. The van der Waals surface area contributed by atoms with Crippen LogP contribution < -0.4 is 5.56 Å². The lowest BCUT2D eigenvalue weighted by Gasteiger charge is -2.16. The highest BCUT2D eigenvalue weighted by Crippen LogP contribution is 2.13. The Kier molecular flexibility index (Phi) is 3.77. The number of amides is 1. The van der Waals surface area contributed by atoms with Crippen molar-refractivity contribution in [3.63, 3.8) is 0 Å². The van der Waals surface area contributed by atoms with E-state index in [-0.39, 0.29) is 17.2 Å². The number of hydrogen-bond acceptors (Lipinski definition) is 4. The van der Waals surface area contributed by atoms with Crippen LogP contribution in [0.1, 0.15) is 21.2 Å². The zero-order valence-electron chi connectivity index (χ0n) is 12.3. The number of carbonyl (C=O) groups is 1. The van der Waals surface area contributed by atoms with E-state index < -0.39 is 0 Å². The largest absolute Gasteiger partial charge is 0.335 e. The summed E-state index contributed by atoms with van der Waals surface area (Å²) in [4.78, 5) is 33.1. The summed E-state index contributed by atoms with van der Waals surface area (Å²) >= 11 is 1.55. The molecular formula is C16H15N3O2S. The van der Waals surface area contributed by atoms with Gasteiger partial charge in [0, 0.05) is 17.8 Å². The minimum atomic E-state index is -0.251. The molecule has 0 unspecified atom stereocenters. The summed E-state index contributed by atoms with van der Waals surface area (Å²) in [5.41, 5.74) is 0.888. The molecule has 0 fully saturated rings. The maximum atomic E-state index is 12.5. The van der Waals surface area contributed by atoms with Gasteiger partial charge in [-0.2, -0.15) is 0 Å². The number of aromatic nitrogens is 2. The number of pyridine rings is 1. The second-order valence-corrected chi connectivity index (χ2v) is 6.18. The predicted molar refractivity (Wildman–Crippen MR) is 87.2 cm³/mol. The first-order chi connectivity index (χ1) is 10.5. The lowest BCUT2D eigenvalue weighted by molar-refractivity contribution is 0.0777. The van der Waals surface area contributed by atoms with E-state index >= 15 is 0 Å². The van der Waals surface area contributed by atoms with Gasteiger partial charge in [-0.3, -0.25) is 9.59 Å². The maximum absolute atomic E-state index is 12.5. The van der Waals surface area contributed by atoms with E-state index in [1.54, 1.807) is 41.5 Å². The molecule has 0 atom stereocenters. The number of thiazole rings is 1. The molecule has 2 aromatic heterocycles. The maximum Gasteiger partial charge on any atom is 0.270 e. The molecule has 5 nitrogen and oxygen atoms in total. The molecule has 0 aliphatic carbocycles. The molecule has 3 aromatic rings. The van der Waals surface area contributed by atoms with Gasteiger partial charge in [0.1, 0.15) is 5.69 Å². The van der Waals surface area contributed by atoms with Crippen LogP contribution in [0.15, 0.2) is 40.5 Å². The van der Waals surface area contributed by atoms with Gasteiger partial charge < -0.3 is 9.88 Å². The Bertz CT molecular complexity index is 898. The molecule has 0 saturated heterocycles. The van der Waals surface area contributed by atoms with Gasteiger partial charge >= 0.3 is 0 Å². The van der Waals surface area contributed by atoms with Crippen LogP contribution in [-0.2, 0) is 6.54 Å². The summed E-state index contributed by atoms with van der Waals surface area (Å²) in [6.07, 6.45) is 0. The molecule has 22 heavy (non-hydrogen) atoms. The van der Waals surface area contributed by atoms with Crippen molar-refractivity contribution in [1.29, 1.82) is 0 Å². The van der Waals surface area contributed by atoms with Crippen LogP contribution in [-0.4, -0.2) is 27.8 Å². The zero-order valence-corrected chi connectivity index (χ0v) is 13.1. The second kappa shape index (κ2) is 5.73. The third-order valence-corrected chi connectivity index (χ3v) is 4.22. The summed E-state index contributed by atoms with van der Waals surface area (Å²) < 4.78 is 0. The number of fused-ring (bicyclic) bond motifs is 1. The Morgan fingerprint density at radius 3 is 2.86 bits per heavy atom. The van der Waals surface area contributed by atoms with Crippen molar-refractivity contribution >= 4 is 28.0 Å². The molecule has 0 spiro atoms. The quantitative estimate of drug-likeness (QED) is 0.808. The number of nitrogens with one attached hydrogen (secondary N) is 1. The fraction of sp³-hybridized carbons (Fsp3) is 0.188. The summed E-state index contributed by atoms with van der Waals surface area (Å²) in [7, 11) is 1.70. The van der Waals surface area contributed by atoms with Gasteiger partial charge in [0.15, 0.2) is 0 Å². The van der Waals surface area contributed by atoms with Crippen molar-refractivity contribution in [2.24, 2.45) is 0 Å². The van der Waals surface area contributed by atoms with Crippen LogP contribution in [0, 0.1) is 6.92 Å². The molecule has 0 saturated carbocycles. The van der Waals surface area contributed by atoms with Gasteiger partial charge in [-0.25, -0.2) is 4.98 Å². The van der Waals surface area contributed by atoms with E-state index in [9.17, 15) is 9.59 Å². The number of aromatic amines is 1. The number of hydrogen-bond donors (Lipinski definition) is 1. The lowest BCUT2D eigenvalue weighted by atomic mass is 10.1. The highest BCUT2D eigenvalue weighted by atomic mass is 32.1. The summed E-state index contributed by atoms with van der Waals surface area (Å²) in [5.74, 6) is -0.228. The summed E-state index contributed by atoms with van der Waals surface area (Å²) in [5, 5.41) is 4.24. The van der Waals surface area contributed by atoms with E-state index in [4.69, 9.17) is 0 Å². The van der Waals surface area contributed by atoms with Gasteiger partial charge in [-0.05, 0) is 24.4 Å². The summed E-state index contributed by atoms with van der Waals surface area (Å²) in [6.45, 7) is 2.34. The van der Waals surface area contributed by atoms with Gasteiger partial charge in [0.25, 0.3) is 11.5 Å². The first kappa shape index (κ1) is 14.5. The lowest BCUT2D eigenvalue weighted by Crippen LogP contribution is -2.28. The van der Waals surface area contributed by atoms with Crippen molar-refractivity contribution < 1.29 is 4.79 Å². The molecule has 1 aromatic carbocycles. The molecule has 0 bridgehead atoms. The van der Waals surface area contributed by atoms with Crippen LogP contribution in [0.3, 0.4) is 0 Å². The highest BCUT2D eigenvalue weighted by Gasteiger charge is 2.15. The minimum absolute atomic E-state index is 0.228. The molecule has 0 aliphatic heterocycles. The predicted octanol–water partition coefficient (Wildman–Crippen LogP) is 2.57. The average Bonchev–Trinajstić information content (AvgIpc) is 2.91. The van der Waals surface area contributed by atoms with Crippen LogP contribution >= 0.6 is 11.3 Å². The van der Waals surface area contributed by atoms with Gasteiger partial charge in [-0.15, -0.1) is 11.3 Å². The monoisotopic (exact) mass is 313 g/mol. The normalized spacial score (nSPS) is 10.8. The number of aryl methyl sites for hydroxylation is 1. The fourth-order valence-corrected chi connectivity index (χ4v) is 2.93. The van der Waals surface area contributed by atoms with E-state index in [2.05, 4.69) is 9.97 Å². The average molecular weight is 313 g/mol. The molecular weight excluding hydrogens is 298 g/mol. The molecule has 1 amide bonds. The Morgan fingerprint density at radius 1 is 1.36 bits per heavy atom. The van der Waals surface area contributed by atoms with Crippen molar-refractivity contribution in [1.82, 2.24) is 14.9 Å². The van der Waals surface area contributed by atoms with Crippen LogP contribution in [0.4, 0.5) is 0 Å². The van der Waals surface area contributed by atoms with Crippen molar-refractivity contribution in [3.05, 3.63) is 62.5 Å². The topological polar surface area (TPSA) is 66.1 Å². The van der Waals surface area contributed by atoms with Crippen molar-refractivity contribution in [3.8, 4) is 0 Å². The van der Waals surface area contributed by atoms with Crippen LogP contribution in [0.2, 0.25) is 0 Å². The van der Waals surface area contributed by atoms with Crippen LogP contribution in [0.5, 0.6) is 0 Å². The van der Waals surface area contributed by atoms with E-state index in [0.717, 1.165) is 16.1 Å². The Hall–Kier alpha value is -2.47. The number of benzene rings is 1. The number of carbonyl (C=O) groups excluding carboxylic acids is 1. The molecule has 3 rings (SSSR count). The third-order valence-electron chi connectivity index (χ3n) is 3.40. The molecule has 0 aliphatic rings. The minimum Gasteiger partial charge on any atom is -0.335 e. The van der Waals surface area contributed by atoms with Crippen molar-refractivity contribution in [2.45, 2.75) is 13.5 Å². The molecule has 112 valence electrons. The number of H-pyrrole nitrogens is 1. The Balaban J connectivity index is 1.89. The first-order valence-electron chi connectivity index (χ1n) is 6.83. The van der Waals surface area contributed by atoms with Crippen molar-refractivity contribution in [2.75, 3.05) is 7.05 Å². The molecule has 0 radical (unpaired) electrons. The van der Waals surface area contributed by atoms with E-state index in [0.29, 0.717) is 11.9 Å².